The van der Waals surface area contributed by atoms with Crippen LogP contribution < -0.4 is 5.43 Å². The van der Waals surface area contributed by atoms with Gasteiger partial charge in [-0.25, -0.2) is 5.43 Å². The molecule has 0 bridgehead atoms. The molecule has 2 aromatic carbocycles. The van der Waals surface area contributed by atoms with Crippen molar-refractivity contribution in [3.63, 3.8) is 0 Å². The number of amides is 1. The number of hydrogen-bond acceptors (Lipinski definition) is 3. The van der Waals surface area contributed by atoms with Crippen molar-refractivity contribution in [2.24, 2.45) is 5.10 Å². The highest BCUT2D eigenvalue weighted by atomic mass is 32.2. The van der Waals surface area contributed by atoms with Gasteiger partial charge in [0.1, 0.15) is 0 Å². The average Bonchev–Trinajstić information content (AvgIpc) is 2.51. The summed E-state index contributed by atoms with van der Waals surface area (Å²) in [5.74, 6) is 1.16. The molecule has 0 saturated carbocycles. The second-order valence-electron chi connectivity index (χ2n) is 5.12. The maximum absolute atomic E-state index is 11.7. The second kappa shape index (κ2) is 8.39. The smallest absolute Gasteiger partial charge is 0.250 e. The number of nitrogens with zero attached hydrogens (tertiary/aromatic N) is 1. The number of hydrogen-bond donors (Lipinski definition) is 1. The van der Waals surface area contributed by atoms with Gasteiger partial charge in [0.2, 0.25) is 5.91 Å². The van der Waals surface area contributed by atoms with Gasteiger partial charge in [-0.05, 0) is 30.5 Å². The summed E-state index contributed by atoms with van der Waals surface area (Å²) in [5, 5.41) is 3.98. The van der Waals surface area contributed by atoms with Crippen molar-refractivity contribution in [1.82, 2.24) is 5.43 Å². The largest absolute Gasteiger partial charge is 0.272 e. The Morgan fingerprint density at radius 2 is 1.86 bits per heavy atom. The highest BCUT2D eigenvalue weighted by Crippen LogP contribution is 2.15. The molecule has 0 aliphatic rings. The molecule has 0 aliphatic heterocycles. The number of aryl methyl sites for hydroxylation is 2. The molecule has 2 aromatic rings. The molecular formula is C18H20N2OS. The summed E-state index contributed by atoms with van der Waals surface area (Å²) in [5.41, 5.74) is 7.25. The van der Waals surface area contributed by atoms with Gasteiger partial charge in [0, 0.05) is 5.75 Å². The van der Waals surface area contributed by atoms with E-state index in [0.29, 0.717) is 5.75 Å². The van der Waals surface area contributed by atoms with E-state index in [0.717, 1.165) is 11.3 Å². The lowest BCUT2D eigenvalue weighted by Crippen LogP contribution is -2.19. The fourth-order valence-electron chi connectivity index (χ4n) is 1.89. The quantitative estimate of drug-likeness (QED) is 0.653. The molecule has 0 radical (unpaired) electrons. The van der Waals surface area contributed by atoms with Crippen molar-refractivity contribution in [3.05, 3.63) is 70.8 Å². The van der Waals surface area contributed by atoms with E-state index in [2.05, 4.69) is 29.6 Å². The van der Waals surface area contributed by atoms with Crippen LogP contribution in [0.15, 0.2) is 53.6 Å². The van der Waals surface area contributed by atoms with E-state index in [1.807, 2.05) is 43.3 Å². The molecule has 0 unspecified atom stereocenters. The maximum Gasteiger partial charge on any atom is 0.250 e. The monoisotopic (exact) mass is 312 g/mol. The third-order valence-corrected chi connectivity index (χ3v) is 4.21. The van der Waals surface area contributed by atoms with Crippen LogP contribution in [0.5, 0.6) is 0 Å². The summed E-state index contributed by atoms with van der Waals surface area (Å²) in [6, 6.07) is 16.2. The highest BCUT2D eigenvalue weighted by Gasteiger charge is 2.02. The van der Waals surface area contributed by atoms with Crippen LogP contribution in [0.25, 0.3) is 0 Å². The average molecular weight is 312 g/mol. The van der Waals surface area contributed by atoms with Gasteiger partial charge < -0.3 is 0 Å². The topological polar surface area (TPSA) is 41.5 Å². The highest BCUT2D eigenvalue weighted by molar-refractivity contribution is 7.99. The lowest BCUT2D eigenvalue weighted by atomic mass is 10.1. The van der Waals surface area contributed by atoms with Crippen molar-refractivity contribution in [3.8, 4) is 0 Å². The van der Waals surface area contributed by atoms with Crippen LogP contribution in [0.3, 0.4) is 0 Å². The third-order valence-electron chi connectivity index (χ3n) is 3.23. The van der Waals surface area contributed by atoms with Crippen molar-refractivity contribution < 1.29 is 4.79 Å². The number of rotatable bonds is 6. The Bertz CT molecular complexity index is 650. The van der Waals surface area contributed by atoms with E-state index in [-0.39, 0.29) is 5.91 Å². The van der Waals surface area contributed by atoms with E-state index in [4.69, 9.17) is 0 Å². The van der Waals surface area contributed by atoms with Crippen molar-refractivity contribution in [2.45, 2.75) is 19.6 Å². The summed E-state index contributed by atoms with van der Waals surface area (Å²) >= 11 is 1.59. The Balaban J connectivity index is 1.72. The zero-order valence-electron chi connectivity index (χ0n) is 12.9. The van der Waals surface area contributed by atoms with E-state index in [1.165, 1.54) is 16.7 Å². The van der Waals surface area contributed by atoms with Gasteiger partial charge in [-0.3, -0.25) is 4.79 Å². The van der Waals surface area contributed by atoms with Gasteiger partial charge in [0.05, 0.1) is 12.0 Å². The van der Waals surface area contributed by atoms with Crippen molar-refractivity contribution >= 4 is 23.9 Å². The molecule has 1 amide bonds. The van der Waals surface area contributed by atoms with Crippen LogP contribution in [0.1, 0.15) is 22.3 Å². The van der Waals surface area contributed by atoms with Crippen molar-refractivity contribution in [2.75, 3.05) is 5.75 Å². The van der Waals surface area contributed by atoms with E-state index in [1.54, 1.807) is 18.0 Å². The molecule has 114 valence electrons. The van der Waals surface area contributed by atoms with Gasteiger partial charge in [-0.15, -0.1) is 11.8 Å². The third kappa shape index (κ3) is 5.37. The van der Waals surface area contributed by atoms with E-state index < -0.39 is 0 Å². The lowest BCUT2D eigenvalue weighted by molar-refractivity contribution is -0.118. The first-order chi connectivity index (χ1) is 10.6. The summed E-state index contributed by atoms with van der Waals surface area (Å²) in [4.78, 5) is 11.7. The summed E-state index contributed by atoms with van der Waals surface area (Å²) in [7, 11) is 0. The Morgan fingerprint density at radius 1 is 1.14 bits per heavy atom. The molecule has 0 aliphatic carbocycles. The molecule has 1 N–H and O–H groups in total. The molecule has 0 fully saturated rings. The van der Waals surface area contributed by atoms with Gasteiger partial charge in [-0.2, -0.15) is 5.10 Å². The molecule has 2 rings (SSSR count). The van der Waals surface area contributed by atoms with Crippen LogP contribution in [-0.2, 0) is 10.5 Å². The molecule has 0 spiro atoms. The van der Waals surface area contributed by atoms with Gasteiger partial charge >= 0.3 is 0 Å². The fourth-order valence-corrected chi connectivity index (χ4v) is 2.79. The van der Waals surface area contributed by atoms with Crippen molar-refractivity contribution in [1.29, 1.82) is 0 Å². The predicted octanol–water partition coefficient (Wildman–Crippen LogP) is 3.69. The molecule has 4 heteroatoms. The first-order valence-electron chi connectivity index (χ1n) is 7.16. The van der Waals surface area contributed by atoms with Crippen LogP contribution in [-0.4, -0.2) is 17.9 Å². The minimum atomic E-state index is -0.0815. The van der Waals surface area contributed by atoms with Gasteiger partial charge in [-0.1, -0.05) is 54.1 Å². The first kappa shape index (κ1) is 16.3. The number of thioether (sulfide) groups is 1. The molecular weight excluding hydrogens is 292 g/mol. The van der Waals surface area contributed by atoms with Gasteiger partial charge in [0.15, 0.2) is 0 Å². The van der Waals surface area contributed by atoms with E-state index >= 15 is 0 Å². The molecule has 0 heterocycles. The van der Waals surface area contributed by atoms with Crippen LogP contribution in [0.4, 0.5) is 0 Å². The van der Waals surface area contributed by atoms with Crippen LogP contribution in [0.2, 0.25) is 0 Å². The minimum Gasteiger partial charge on any atom is -0.272 e. The molecule has 22 heavy (non-hydrogen) atoms. The lowest BCUT2D eigenvalue weighted by Gasteiger charge is -2.04. The number of carbonyl (C=O) groups excluding carboxylic acids is 1. The fraction of sp³-hybridized carbons (Fsp3) is 0.222. The second-order valence-corrected chi connectivity index (χ2v) is 6.11. The van der Waals surface area contributed by atoms with E-state index in [9.17, 15) is 4.79 Å². The normalized spacial score (nSPS) is 10.8. The Hall–Kier alpha value is -2.07. The summed E-state index contributed by atoms with van der Waals surface area (Å²) < 4.78 is 0. The zero-order chi connectivity index (χ0) is 15.8. The molecule has 3 nitrogen and oxygen atoms in total. The Labute approximate surface area is 135 Å². The molecule has 0 atom stereocenters. The number of carbonyl (C=O) groups is 1. The van der Waals surface area contributed by atoms with Crippen LogP contribution >= 0.6 is 11.8 Å². The Morgan fingerprint density at radius 3 is 2.59 bits per heavy atom. The molecule has 0 aromatic heterocycles. The Kier molecular flexibility index (Phi) is 6.22. The number of nitrogens with one attached hydrogen (secondary N) is 1. The van der Waals surface area contributed by atoms with Gasteiger partial charge in [0.25, 0.3) is 0 Å². The SMILES string of the molecule is Cc1ccc(/C=N/NC(=O)CSCc2ccccc2C)cc1. The number of benzene rings is 2. The maximum atomic E-state index is 11.7. The molecule has 0 saturated heterocycles. The summed E-state index contributed by atoms with van der Waals surface area (Å²) in [6.07, 6.45) is 1.66. The van der Waals surface area contributed by atoms with Crippen LogP contribution in [0, 0.1) is 13.8 Å². The standard InChI is InChI=1S/C18H20N2OS/c1-14-7-9-16(10-8-14)11-19-20-18(21)13-22-12-17-6-4-3-5-15(17)2/h3-11H,12-13H2,1-2H3,(H,20,21)/b19-11+. The predicted molar refractivity (Wildman–Crippen MR) is 94.3 cm³/mol. The summed E-state index contributed by atoms with van der Waals surface area (Å²) in [6.45, 7) is 4.12. The zero-order valence-corrected chi connectivity index (χ0v) is 13.7. The number of hydrazone groups is 1. The minimum absolute atomic E-state index is 0.0815. The first-order valence-corrected chi connectivity index (χ1v) is 8.31.